The number of carbonyl (C=O) groups excluding carboxylic acids is 1. The fourth-order valence-electron chi connectivity index (χ4n) is 4.02. The second-order valence-corrected chi connectivity index (χ2v) is 8.95. The zero-order chi connectivity index (χ0) is 19.4. The number of aromatic nitrogens is 1. The number of rotatable bonds is 6. The molecule has 2 fully saturated rings. The number of hydrogen-bond donors (Lipinski definition) is 1. The van der Waals surface area contributed by atoms with Crippen molar-refractivity contribution < 1.29 is 9.53 Å². The molecule has 1 amide bonds. The summed E-state index contributed by atoms with van der Waals surface area (Å²) in [6, 6.07) is 3.82. The minimum atomic E-state index is -0.166. The SMILES string of the molecule is CC(C)CN1CC[C@@H](CNC(=O)c2ccc(N3CCOC(C)(C)C3)nc2)C1. The van der Waals surface area contributed by atoms with Crippen LogP contribution in [0, 0.1) is 11.8 Å². The molecule has 3 rings (SSSR count). The van der Waals surface area contributed by atoms with Gasteiger partial charge in [-0.15, -0.1) is 0 Å². The predicted molar refractivity (Wildman–Crippen MR) is 108 cm³/mol. The van der Waals surface area contributed by atoms with E-state index in [0.717, 1.165) is 51.5 Å². The van der Waals surface area contributed by atoms with Crippen molar-refractivity contribution >= 4 is 11.7 Å². The van der Waals surface area contributed by atoms with Crippen LogP contribution in [0.2, 0.25) is 0 Å². The van der Waals surface area contributed by atoms with Gasteiger partial charge in [-0.3, -0.25) is 4.79 Å². The van der Waals surface area contributed by atoms with E-state index < -0.39 is 0 Å². The maximum atomic E-state index is 12.5. The zero-order valence-corrected chi connectivity index (χ0v) is 17.2. The lowest BCUT2D eigenvalue weighted by atomic mass is 10.1. The molecule has 0 bridgehead atoms. The average Bonchev–Trinajstić information content (AvgIpc) is 3.05. The highest BCUT2D eigenvalue weighted by Crippen LogP contribution is 2.21. The molecule has 150 valence electrons. The molecule has 1 aromatic heterocycles. The van der Waals surface area contributed by atoms with Gasteiger partial charge in [-0.25, -0.2) is 4.98 Å². The van der Waals surface area contributed by atoms with E-state index in [1.54, 1.807) is 6.20 Å². The third-order valence-electron chi connectivity index (χ3n) is 5.30. The summed E-state index contributed by atoms with van der Waals surface area (Å²) in [6.45, 7) is 15.1. The highest BCUT2D eigenvalue weighted by Gasteiger charge is 2.28. The second-order valence-electron chi connectivity index (χ2n) is 8.95. The summed E-state index contributed by atoms with van der Waals surface area (Å²) in [5.74, 6) is 2.12. The molecular weight excluding hydrogens is 340 g/mol. The van der Waals surface area contributed by atoms with E-state index in [9.17, 15) is 4.79 Å². The van der Waals surface area contributed by atoms with E-state index in [0.29, 0.717) is 24.0 Å². The largest absolute Gasteiger partial charge is 0.372 e. The molecule has 1 atom stereocenters. The number of nitrogens with one attached hydrogen (secondary N) is 1. The Hall–Kier alpha value is -1.66. The second kappa shape index (κ2) is 8.57. The monoisotopic (exact) mass is 374 g/mol. The number of amides is 1. The van der Waals surface area contributed by atoms with E-state index >= 15 is 0 Å². The summed E-state index contributed by atoms with van der Waals surface area (Å²) in [5.41, 5.74) is 0.462. The number of morpholine rings is 1. The van der Waals surface area contributed by atoms with Crippen molar-refractivity contribution in [1.82, 2.24) is 15.2 Å². The van der Waals surface area contributed by atoms with Crippen molar-refractivity contribution in [1.29, 1.82) is 0 Å². The Bertz CT molecular complexity index is 630. The van der Waals surface area contributed by atoms with Crippen LogP contribution in [0.5, 0.6) is 0 Å². The Morgan fingerprint density at radius 3 is 2.85 bits per heavy atom. The molecule has 1 N–H and O–H groups in total. The molecular formula is C21H34N4O2. The molecule has 6 nitrogen and oxygen atoms in total. The lowest BCUT2D eigenvalue weighted by Crippen LogP contribution is -2.48. The first-order valence-electron chi connectivity index (χ1n) is 10.2. The molecule has 2 saturated heterocycles. The summed E-state index contributed by atoms with van der Waals surface area (Å²) in [6.07, 6.45) is 2.85. The fraction of sp³-hybridized carbons (Fsp3) is 0.714. The highest BCUT2D eigenvalue weighted by atomic mass is 16.5. The summed E-state index contributed by atoms with van der Waals surface area (Å²) in [5, 5.41) is 3.09. The molecule has 2 aliphatic heterocycles. The molecule has 0 saturated carbocycles. The van der Waals surface area contributed by atoms with Gasteiger partial charge in [0.1, 0.15) is 5.82 Å². The fourth-order valence-corrected chi connectivity index (χ4v) is 4.02. The summed E-state index contributed by atoms with van der Waals surface area (Å²) in [4.78, 5) is 21.7. The van der Waals surface area contributed by atoms with Gasteiger partial charge in [0.05, 0.1) is 17.8 Å². The quantitative estimate of drug-likeness (QED) is 0.829. The van der Waals surface area contributed by atoms with Crippen molar-refractivity contribution in [2.45, 2.75) is 39.7 Å². The minimum absolute atomic E-state index is 0.0290. The molecule has 0 aliphatic carbocycles. The van der Waals surface area contributed by atoms with E-state index in [-0.39, 0.29) is 11.5 Å². The van der Waals surface area contributed by atoms with Crippen LogP contribution in [0.25, 0.3) is 0 Å². The molecule has 6 heteroatoms. The maximum absolute atomic E-state index is 12.5. The van der Waals surface area contributed by atoms with Crippen molar-refractivity contribution in [3.05, 3.63) is 23.9 Å². The van der Waals surface area contributed by atoms with Crippen LogP contribution in [0.3, 0.4) is 0 Å². The molecule has 0 radical (unpaired) electrons. The number of nitrogens with zero attached hydrogens (tertiary/aromatic N) is 3. The number of likely N-dealkylation sites (tertiary alicyclic amines) is 1. The Kier molecular flexibility index (Phi) is 6.37. The van der Waals surface area contributed by atoms with Gasteiger partial charge >= 0.3 is 0 Å². The summed E-state index contributed by atoms with van der Waals surface area (Å²) < 4.78 is 5.75. The predicted octanol–water partition coefficient (Wildman–Crippen LogP) is 2.40. The maximum Gasteiger partial charge on any atom is 0.252 e. The van der Waals surface area contributed by atoms with Gasteiger partial charge in [-0.05, 0) is 50.8 Å². The molecule has 3 heterocycles. The normalized spacial score (nSPS) is 23.0. The van der Waals surface area contributed by atoms with Crippen LogP contribution in [0.15, 0.2) is 18.3 Å². The van der Waals surface area contributed by atoms with Crippen molar-refractivity contribution in [3.63, 3.8) is 0 Å². The first-order chi connectivity index (χ1) is 12.8. The van der Waals surface area contributed by atoms with Crippen LogP contribution in [0.1, 0.15) is 44.5 Å². The third-order valence-corrected chi connectivity index (χ3v) is 5.30. The summed E-state index contributed by atoms with van der Waals surface area (Å²) >= 11 is 0. The number of hydrogen-bond acceptors (Lipinski definition) is 5. The average molecular weight is 375 g/mol. The van der Waals surface area contributed by atoms with Crippen molar-refractivity contribution in [3.8, 4) is 0 Å². The Labute approximate surface area is 163 Å². The number of carbonyl (C=O) groups is 1. The standard InChI is InChI=1S/C21H34N4O2/c1-16(2)13-24-8-7-17(14-24)11-23-20(26)18-5-6-19(22-12-18)25-9-10-27-21(3,4)15-25/h5-6,12,16-17H,7-11,13-15H2,1-4H3,(H,23,26)/t17-/m0/s1. The Morgan fingerprint density at radius 1 is 1.37 bits per heavy atom. The van der Waals surface area contributed by atoms with Crippen molar-refractivity contribution in [2.75, 3.05) is 50.8 Å². The van der Waals surface area contributed by atoms with Gasteiger partial charge in [-0.1, -0.05) is 13.8 Å². The lowest BCUT2D eigenvalue weighted by molar-refractivity contribution is -0.0279. The van der Waals surface area contributed by atoms with Gasteiger partial charge in [0.25, 0.3) is 5.91 Å². The number of pyridine rings is 1. The first kappa shape index (κ1) is 20.1. The molecule has 1 aromatic rings. The van der Waals surface area contributed by atoms with Gasteiger partial charge in [0.2, 0.25) is 0 Å². The molecule has 0 aromatic carbocycles. The molecule has 0 spiro atoms. The van der Waals surface area contributed by atoms with E-state index in [1.165, 1.54) is 0 Å². The Balaban J connectivity index is 1.48. The lowest BCUT2D eigenvalue weighted by Gasteiger charge is -2.38. The van der Waals surface area contributed by atoms with Crippen LogP contribution in [0.4, 0.5) is 5.82 Å². The molecule has 27 heavy (non-hydrogen) atoms. The first-order valence-corrected chi connectivity index (χ1v) is 10.2. The molecule has 0 unspecified atom stereocenters. The topological polar surface area (TPSA) is 57.7 Å². The van der Waals surface area contributed by atoms with Gasteiger partial charge < -0.3 is 19.9 Å². The number of anilines is 1. The van der Waals surface area contributed by atoms with Gasteiger partial charge in [-0.2, -0.15) is 0 Å². The Morgan fingerprint density at radius 2 is 2.19 bits per heavy atom. The van der Waals surface area contributed by atoms with E-state index in [4.69, 9.17) is 4.74 Å². The summed E-state index contributed by atoms with van der Waals surface area (Å²) in [7, 11) is 0. The number of ether oxygens (including phenoxy) is 1. The third kappa shape index (κ3) is 5.66. The van der Waals surface area contributed by atoms with E-state index in [1.807, 2.05) is 12.1 Å². The van der Waals surface area contributed by atoms with Crippen LogP contribution < -0.4 is 10.2 Å². The van der Waals surface area contributed by atoms with Crippen molar-refractivity contribution in [2.24, 2.45) is 11.8 Å². The van der Waals surface area contributed by atoms with Crippen LogP contribution in [-0.4, -0.2) is 67.3 Å². The minimum Gasteiger partial charge on any atom is -0.372 e. The van der Waals surface area contributed by atoms with Crippen LogP contribution >= 0.6 is 0 Å². The smallest absolute Gasteiger partial charge is 0.252 e. The van der Waals surface area contributed by atoms with Crippen LogP contribution in [-0.2, 0) is 4.74 Å². The van der Waals surface area contributed by atoms with Gasteiger partial charge in [0.15, 0.2) is 0 Å². The molecule has 2 aliphatic rings. The zero-order valence-electron chi connectivity index (χ0n) is 17.2. The van der Waals surface area contributed by atoms with Gasteiger partial charge in [0, 0.05) is 38.9 Å². The highest BCUT2D eigenvalue weighted by molar-refractivity contribution is 5.94. The van der Waals surface area contributed by atoms with E-state index in [2.05, 4.69) is 47.8 Å².